The topological polar surface area (TPSA) is 79.2 Å². The summed E-state index contributed by atoms with van der Waals surface area (Å²) < 4.78 is 27.7. The zero-order chi connectivity index (χ0) is 22.0. The number of para-hydroxylation sites is 1. The average Bonchev–Trinajstić information content (AvgIpc) is 3.15. The summed E-state index contributed by atoms with van der Waals surface area (Å²) in [4.78, 5) is 12.8. The second kappa shape index (κ2) is 8.47. The molecule has 1 unspecified atom stereocenters. The molecule has 0 aliphatic heterocycles. The molecule has 0 saturated carbocycles. The fraction of sp³-hybridized carbons (Fsp3) is 0.208. The molecule has 31 heavy (non-hydrogen) atoms. The van der Waals surface area contributed by atoms with Gasteiger partial charge >= 0.3 is 0 Å². The molecule has 1 atom stereocenters. The summed E-state index contributed by atoms with van der Waals surface area (Å²) in [6.45, 7) is 1.66. The van der Waals surface area contributed by atoms with Gasteiger partial charge in [-0.3, -0.25) is 4.79 Å². The van der Waals surface area contributed by atoms with Gasteiger partial charge in [-0.1, -0.05) is 18.2 Å². The molecule has 3 aromatic carbocycles. The summed E-state index contributed by atoms with van der Waals surface area (Å²) in [5.74, 6) is 1.79. The van der Waals surface area contributed by atoms with E-state index in [0.717, 1.165) is 16.4 Å². The monoisotopic (exact) mass is 421 g/mol. The van der Waals surface area contributed by atoms with E-state index in [1.165, 1.54) is 0 Å². The number of nitrogens with one attached hydrogen (secondary N) is 1. The van der Waals surface area contributed by atoms with Crippen molar-refractivity contribution in [3.05, 3.63) is 54.6 Å². The first-order valence-corrected chi connectivity index (χ1v) is 9.72. The lowest BCUT2D eigenvalue weighted by molar-refractivity contribution is -0.122. The lowest BCUT2D eigenvalue weighted by atomic mass is 10.1. The molecule has 0 saturated heterocycles. The van der Waals surface area contributed by atoms with Crippen molar-refractivity contribution in [1.29, 1.82) is 0 Å². The molecule has 0 fully saturated rings. The Morgan fingerprint density at radius 1 is 0.839 bits per heavy atom. The molecule has 1 amide bonds. The highest BCUT2D eigenvalue weighted by Crippen LogP contribution is 2.36. The number of hydrogen-bond donors (Lipinski definition) is 1. The molecule has 4 rings (SSSR count). The van der Waals surface area contributed by atoms with Crippen molar-refractivity contribution >= 4 is 33.5 Å². The Hall–Kier alpha value is -3.87. The number of furan rings is 1. The van der Waals surface area contributed by atoms with Crippen molar-refractivity contribution in [3.63, 3.8) is 0 Å². The van der Waals surface area contributed by atoms with Gasteiger partial charge in [0.05, 0.1) is 27.0 Å². The quantitative estimate of drug-likeness (QED) is 0.452. The number of rotatable bonds is 7. The first-order chi connectivity index (χ1) is 15.0. The summed E-state index contributed by atoms with van der Waals surface area (Å²) in [6.07, 6.45) is -0.784. The maximum Gasteiger partial charge on any atom is 0.265 e. The molecule has 7 heteroatoms. The minimum Gasteiger partial charge on any atom is -0.496 e. The van der Waals surface area contributed by atoms with Gasteiger partial charge in [-0.25, -0.2) is 0 Å². The summed E-state index contributed by atoms with van der Waals surface area (Å²) in [6, 6.07) is 16.5. The Morgan fingerprint density at radius 2 is 1.52 bits per heavy atom. The first kappa shape index (κ1) is 20.4. The van der Waals surface area contributed by atoms with Crippen LogP contribution in [0.2, 0.25) is 0 Å². The minimum atomic E-state index is -0.784. The van der Waals surface area contributed by atoms with Crippen molar-refractivity contribution in [3.8, 4) is 23.0 Å². The average molecular weight is 421 g/mol. The van der Waals surface area contributed by atoms with Crippen LogP contribution in [-0.2, 0) is 4.79 Å². The van der Waals surface area contributed by atoms with Crippen LogP contribution in [0.3, 0.4) is 0 Å². The number of benzene rings is 3. The van der Waals surface area contributed by atoms with E-state index in [1.54, 1.807) is 52.5 Å². The van der Waals surface area contributed by atoms with Crippen LogP contribution in [0.25, 0.3) is 21.9 Å². The smallest absolute Gasteiger partial charge is 0.265 e. The Labute approximate surface area is 179 Å². The van der Waals surface area contributed by atoms with Gasteiger partial charge in [-0.2, -0.15) is 0 Å². The van der Waals surface area contributed by atoms with Crippen LogP contribution in [0.5, 0.6) is 23.0 Å². The Balaban J connectivity index is 1.58. The number of ether oxygens (including phenoxy) is 4. The molecule has 1 heterocycles. The summed E-state index contributed by atoms with van der Waals surface area (Å²) in [7, 11) is 4.66. The highest BCUT2D eigenvalue weighted by molar-refractivity contribution is 6.08. The van der Waals surface area contributed by atoms with E-state index < -0.39 is 6.10 Å². The van der Waals surface area contributed by atoms with Crippen LogP contribution in [0.15, 0.2) is 59.0 Å². The predicted octanol–water partition coefficient (Wildman–Crippen LogP) is 5.02. The molecule has 7 nitrogen and oxygen atoms in total. The lowest BCUT2D eigenvalue weighted by Crippen LogP contribution is -2.30. The maximum absolute atomic E-state index is 12.8. The standard InChI is InChI=1S/C24H23NO6/c1-14(30-17-10-15(27-2)9-16(11-17)28-3)24(26)25-20-13-22-19(12-23(20)29-4)18-7-5-6-8-21(18)31-22/h5-14H,1-4H3,(H,25,26). The molecule has 0 aliphatic carbocycles. The largest absolute Gasteiger partial charge is 0.496 e. The molecule has 0 spiro atoms. The van der Waals surface area contributed by atoms with E-state index in [1.807, 2.05) is 30.3 Å². The number of methoxy groups -OCH3 is 3. The number of hydrogen-bond acceptors (Lipinski definition) is 6. The molecule has 160 valence electrons. The number of carbonyl (C=O) groups excluding carboxylic acids is 1. The van der Waals surface area contributed by atoms with E-state index in [0.29, 0.717) is 34.3 Å². The number of anilines is 1. The van der Waals surface area contributed by atoms with Gasteiger partial charge < -0.3 is 28.7 Å². The third-order valence-corrected chi connectivity index (χ3v) is 4.96. The summed E-state index contributed by atoms with van der Waals surface area (Å²) in [5.41, 5.74) is 1.92. The normalized spacial score (nSPS) is 11.9. The van der Waals surface area contributed by atoms with Gasteiger partial charge in [0.1, 0.15) is 34.2 Å². The third kappa shape index (κ3) is 4.07. The van der Waals surface area contributed by atoms with Crippen LogP contribution >= 0.6 is 0 Å². The second-order valence-corrected chi connectivity index (χ2v) is 6.94. The molecule has 4 aromatic rings. The molecular formula is C24H23NO6. The van der Waals surface area contributed by atoms with Crippen molar-refractivity contribution in [2.75, 3.05) is 26.6 Å². The van der Waals surface area contributed by atoms with E-state index in [9.17, 15) is 4.79 Å². The molecule has 0 bridgehead atoms. The SMILES string of the molecule is COc1cc(OC)cc(OC(C)C(=O)Nc2cc3oc4ccccc4c3cc2OC)c1. The van der Waals surface area contributed by atoms with Crippen LogP contribution in [0.1, 0.15) is 6.92 Å². The van der Waals surface area contributed by atoms with E-state index >= 15 is 0 Å². The van der Waals surface area contributed by atoms with Crippen molar-refractivity contribution < 1.29 is 28.2 Å². The first-order valence-electron chi connectivity index (χ1n) is 9.72. The zero-order valence-electron chi connectivity index (χ0n) is 17.7. The van der Waals surface area contributed by atoms with E-state index in [2.05, 4.69) is 5.32 Å². The van der Waals surface area contributed by atoms with Crippen molar-refractivity contribution in [1.82, 2.24) is 0 Å². The molecule has 1 N–H and O–H groups in total. The molecular weight excluding hydrogens is 398 g/mol. The summed E-state index contributed by atoms with van der Waals surface area (Å²) >= 11 is 0. The van der Waals surface area contributed by atoms with Gasteiger partial charge in [0.25, 0.3) is 5.91 Å². The fourth-order valence-electron chi connectivity index (χ4n) is 3.36. The molecule has 0 radical (unpaired) electrons. The fourth-order valence-corrected chi connectivity index (χ4v) is 3.36. The third-order valence-electron chi connectivity index (χ3n) is 4.96. The number of fused-ring (bicyclic) bond motifs is 3. The van der Waals surface area contributed by atoms with Crippen molar-refractivity contribution in [2.24, 2.45) is 0 Å². The zero-order valence-corrected chi connectivity index (χ0v) is 17.7. The van der Waals surface area contributed by atoms with Gasteiger partial charge in [-0.15, -0.1) is 0 Å². The van der Waals surface area contributed by atoms with Gasteiger partial charge in [0.2, 0.25) is 0 Å². The second-order valence-electron chi connectivity index (χ2n) is 6.94. The van der Waals surface area contributed by atoms with Crippen LogP contribution in [0, 0.1) is 0 Å². The van der Waals surface area contributed by atoms with E-state index in [4.69, 9.17) is 23.4 Å². The number of amides is 1. The van der Waals surface area contributed by atoms with Crippen LogP contribution in [-0.4, -0.2) is 33.3 Å². The molecule has 1 aromatic heterocycles. The van der Waals surface area contributed by atoms with Gasteiger partial charge in [-0.05, 0) is 19.1 Å². The molecule has 0 aliphatic rings. The predicted molar refractivity (Wildman–Crippen MR) is 119 cm³/mol. The van der Waals surface area contributed by atoms with Gasteiger partial charge in [0, 0.05) is 35.0 Å². The Kier molecular flexibility index (Phi) is 5.58. The van der Waals surface area contributed by atoms with Crippen LogP contribution in [0.4, 0.5) is 5.69 Å². The Bertz CT molecular complexity index is 1220. The summed E-state index contributed by atoms with van der Waals surface area (Å²) in [5, 5.41) is 4.76. The highest BCUT2D eigenvalue weighted by Gasteiger charge is 2.19. The van der Waals surface area contributed by atoms with E-state index in [-0.39, 0.29) is 5.91 Å². The lowest BCUT2D eigenvalue weighted by Gasteiger charge is -2.17. The maximum atomic E-state index is 12.8. The Morgan fingerprint density at radius 3 is 2.19 bits per heavy atom. The van der Waals surface area contributed by atoms with Crippen LogP contribution < -0.4 is 24.3 Å². The number of carbonyl (C=O) groups is 1. The minimum absolute atomic E-state index is 0.337. The van der Waals surface area contributed by atoms with Crippen molar-refractivity contribution in [2.45, 2.75) is 13.0 Å². The highest BCUT2D eigenvalue weighted by atomic mass is 16.5. The van der Waals surface area contributed by atoms with Gasteiger partial charge in [0.15, 0.2) is 6.10 Å².